The summed E-state index contributed by atoms with van der Waals surface area (Å²) in [5.74, 6) is 2.22. The largest absolute Gasteiger partial charge is 0.386 e. The molecule has 0 spiro atoms. The molecule has 14 heavy (non-hydrogen) atoms. The molecule has 78 valence electrons. The summed E-state index contributed by atoms with van der Waals surface area (Å²) in [5, 5.41) is 12.2. The van der Waals surface area contributed by atoms with Gasteiger partial charge >= 0.3 is 0 Å². The van der Waals surface area contributed by atoms with Gasteiger partial charge in [0.15, 0.2) is 0 Å². The van der Waals surface area contributed by atoms with E-state index in [2.05, 4.69) is 11.9 Å². The van der Waals surface area contributed by atoms with Crippen molar-refractivity contribution in [2.45, 2.75) is 12.1 Å². The SMILES string of the molecule is CN1CCSCC1C(O)c1cccs1. The van der Waals surface area contributed by atoms with Gasteiger partial charge in [-0.3, -0.25) is 4.90 Å². The molecular formula is C10H15NOS2. The van der Waals surface area contributed by atoms with Crippen molar-refractivity contribution in [1.82, 2.24) is 4.90 Å². The highest BCUT2D eigenvalue weighted by molar-refractivity contribution is 7.99. The number of likely N-dealkylation sites (N-methyl/N-ethyl adjacent to an activating group) is 1. The van der Waals surface area contributed by atoms with Crippen LogP contribution in [0.3, 0.4) is 0 Å². The van der Waals surface area contributed by atoms with E-state index in [0.717, 1.165) is 17.2 Å². The van der Waals surface area contributed by atoms with Crippen LogP contribution in [0.25, 0.3) is 0 Å². The van der Waals surface area contributed by atoms with E-state index in [0.29, 0.717) is 0 Å². The van der Waals surface area contributed by atoms with Crippen LogP contribution in [0.5, 0.6) is 0 Å². The first kappa shape index (κ1) is 10.5. The van der Waals surface area contributed by atoms with E-state index in [1.165, 1.54) is 5.75 Å². The van der Waals surface area contributed by atoms with Crippen molar-refractivity contribution in [3.05, 3.63) is 22.4 Å². The smallest absolute Gasteiger partial charge is 0.104 e. The van der Waals surface area contributed by atoms with Gasteiger partial charge in [0.1, 0.15) is 6.10 Å². The third kappa shape index (κ3) is 2.14. The van der Waals surface area contributed by atoms with Gasteiger partial charge in [-0.1, -0.05) is 6.07 Å². The lowest BCUT2D eigenvalue weighted by Gasteiger charge is -2.34. The molecule has 2 unspecified atom stereocenters. The third-order valence-electron chi connectivity index (χ3n) is 2.64. The van der Waals surface area contributed by atoms with E-state index in [1.54, 1.807) is 11.3 Å². The van der Waals surface area contributed by atoms with Gasteiger partial charge in [-0.2, -0.15) is 11.8 Å². The number of hydrogen-bond donors (Lipinski definition) is 1. The molecule has 0 saturated carbocycles. The molecule has 0 aliphatic carbocycles. The number of hydrogen-bond acceptors (Lipinski definition) is 4. The van der Waals surface area contributed by atoms with Crippen molar-refractivity contribution in [3.8, 4) is 0 Å². The van der Waals surface area contributed by atoms with Crippen LogP contribution in [0.2, 0.25) is 0 Å². The number of aliphatic hydroxyl groups is 1. The average molecular weight is 229 g/mol. The Morgan fingerprint density at radius 3 is 3.14 bits per heavy atom. The molecule has 0 aromatic carbocycles. The summed E-state index contributed by atoms with van der Waals surface area (Å²) in [6, 6.07) is 4.30. The van der Waals surface area contributed by atoms with E-state index < -0.39 is 0 Å². The minimum absolute atomic E-state index is 0.285. The van der Waals surface area contributed by atoms with Gasteiger partial charge in [0.2, 0.25) is 0 Å². The number of thioether (sulfide) groups is 1. The standard InChI is InChI=1S/C10H15NOS2/c1-11-4-6-13-7-8(11)10(12)9-3-2-5-14-9/h2-3,5,8,10,12H,4,6-7H2,1H3. The predicted molar refractivity (Wildman–Crippen MR) is 63.0 cm³/mol. The van der Waals surface area contributed by atoms with E-state index in [1.807, 2.05) is 29.3 Å². The van der Waals surface area contributed by atoms with Crippen LogP contribution in [0.1, 0.15) is 11.0 Å². The molecule has 0 amide bonds. The Kier molecular flexibility index (Phi) is 3.49. The molecule has 2 atom stereocenters. The fourth-order valence-corrected chi connectivity index (χ4v) is 3.72. The Bertz CT molecular complexity index is 276. The summed E-state index contributed by atoms with van der Waals surface area (Å²) in [4.78, 5) is 3.35. The Labute approximate surface area is 92.9 Å². The second-order valence-electron chi connectivity index (χ2n) is 3.58. The van der Waals surface area contributed by atoms with Crippen LogP contribution < -0.4 is 0 Å². The maximum atomic E-state index is 10.2. The lowest BCUT2D eigenvalue weighted by atomic mass is 10.1. The summed E-state index contributed by atoms with van der Waals surface area (Å²) < 4.78 is 0. The highest BCUT2D eigenvalue weighted by Crippen LogP contribution is 2.28. The molecule has 0 bridgehead atoms. The first-order chi connectivity index (χ1) is 6.79. The zero-order valence-corrected chi connectivity index (χ0v) is 9.85. The first-order valence-electron chi connectivity index (χ1n) is 4.78. The molecule has 0 radical (unpaired) electrons. The molecule has 4 heteroatoms. The maximum Gasteiger partial charge on any atom is 0.104 e. The predicted octanol–water partition coefficient (Wildman–Crippen LogP) is 1.83. The molecular weight excluding hydrogens is 214 g/mol. The zero-order chi connectivity index (χ0) is 9.97. The molecule has 1 aromatic heterocycles. The minimum atomic E-state index is -0.312. The minimum Gasteiger partial charge on any atom is -0.386 e. The second kappa shape index (κ2) is 4.66. The summed E-state index contributed by atoms with van der Waals surface area (Å²) in [7, 11) is 2.10. The Balaban J connectivity index is 2.06. The lowest BCUT2D eigenvalue weighted by Crippen LogP contribution is -2.43. The first-order valence-corrected chi connectivity index (χ1v) is 6.82. The highest BCUT2D eigenvalue weighted by atomic mass is 32.2. The van der Waals surface area contributed by atoms with Crippen molar-refractivity contribution >= 4 is 23.1 Å². The molecule has 2 rings (SSSR count). The van der Waals surface area contributed by atoms with Crippen LogP contribution in [0.4, 0.5) is 0 Å². The van der Waals surface area contributed by atoms with Crippen molar-refractivity contribution in [3.63, 3.8) is 0 Å². The second-order valence-corrected chi connectivity index (χ2v) is 5.71. The molecule has 2 nitrogen and oxygen atoms in total. The number of nitrogens with zero attached hydrogens (tertiary/aromatic N) is 1. The monoisotopic (exact) mass is 229 g/mol. The Morgan fingerprint density at radius 2 is 2.50 bits per heavy atom. The van der Waals surface area contributed by atoms with Gasteiger partial charge in [0.05, 0.1) is 0 Å². The van der Waals surface area contributed by atoms with Gasteiger partial charge < -0.3 is 5.11 Å². The normalized spacial score (nSPS) is 26.3. The molecule has 1 saturated heterocycles. The molecule has 1 aromatic rings. The summed E-state index contributed by atoms with van der Waals surface area (Å²) in [6.07, 6.45) is -0.312. The van der Waals surface area contributed by atoms with E-state index >= 15 is 0 Å². The van der Waals surface area contributed by atoms with Gasteiger partial charge in [0, 0.05) is 29.0 Å². The molecule has 1 fully saturated rings. The zero-order valence-electron chi connectivity index (χ0n) is 8.22. The Morgan fingerprint density at radius 1 is 1.64 bits per heavy atom. The number of thiophene rings is 1. The number of aliphatic hydroxyl groups excluding tert-OH is 1. The summed E-state index contributed by atoms with van der Waals surface area (Å²) in [5.41, 5.74) is 0. The van der Waals surface area contributed by atoms with Crippen LogP contribution in [0, 0.1) is 0 Å². The van der Waals surface area contributed by atoms with Gasteiger partial charge in [0.25, 0.3) is 0 Å². The quantitative estimate of drug-likeness (QED) is 0.837. The summed E-state index contributed by atoms with van der Waals surface area (Å²) >= 11 is 3.58. The van der Waals surface area contributed by atoms with Gasteiger partial charge in [-0.05, 0) is 18.5 Å². The van der Waals surface area contributed by atoms with Crippen molar-refractivity contribution < 1.29 is 5.11 Å². The molecule has 1 N–H and O–H groups in total. The van der Waals surface area contributed by atoms with Gasteiger partial charge in [-0.25, -0.2) is 0 Å². The van der Waals surface area contributed by atoms with Crippen LogP contribution in [-0.4, -0.2) is 41.1 Å². The van der Waals surface area contributed by atoms with Crippen LogP contribution in [0.15, 0.2) is 17.5 Å². The average Bonchev–Trinajstić information content (AvgIpc) is 2.70. The third-order valence-corrected chi connectivity index (χ3v) is 4.63. The van der Waals surface area contributed by atoms with Crippen molar-refractivity contribution in [2.75, 3.05) is 25.1 Å². The highest BCUT2D eigenvalue weighted by Gasteiger charge is 2.27. The molecule has 1 aliphatic heterocycles. The summed E-state index contributed by atoms with van der Waals surface area (Å²) in [6.45, 7) is 1.08. The fraction of sp³-hybridized carbons (Fsp3) is 0.600. The van der Waals surface area contributed by atoms with E-state index in [-0.39, 0.29) is 12.1 Å². The van der Waals surface area contributed by atoms with Crippen LogP contribution in [-0.2, 0) is 0 Å². The molecule has 1 aliphatic rings. The maximum absolute atomic E-state index is 10.2. The van der Waals surface area contributed by atoms with Crippen molar-refractivity contribution in [1.29, 1.82) is 0 Å². The Hall–Kier alpha value is -0.0300. The lowest BCUT2D eigenvalue weighted by molar-refractivity contribution is 0.0785. The van der Waals surface area contributed by atoms with Gasteiger partial charge in [-0.15, -0.1) is 11.3 Å². The van der Waals surface area contributed by atoms with Crippen molar-refractivity contribution in [2.24, 2.45) is 0 Å². The molecule has 2 heterocycles. The van der Waals surface area contributed by atoms with E-state index in [9.17, 15) is 5.11 Å². The number of rotatable bonds is 2. The van der Waals surface area contributed by atoms with Crippen LogP contribution >= 0.6 is 23.1 Å². The van der Waals surface area contributed by atoms with E-state index in [4.69, 9.17) is 0 Å². The topological polar surface area (TPSA) is 23.5 Å². The fourth-order valence-electron chi connectivity index (χ4n) is 1.69.